The number of hydrogen-bond donors (Lipinski definition) is 0. The van der Waals surface area contributed by atoms with Crippen LogP contribution in [-0.4, -0.2) is 17.2 Å². The topological polar surface area (TPSA) is 29.5 Å². The van der Waals surface area contributed by atoms with Gasteiger partial charge in [-0.05, 0) is 81.6 Å². The standard InChI is InChI=1S/C27H28FNO2/c1-18-13-19(2)15-23(14-18)26-5-4-12-29(26)17-21-6-9-24(10-7-21)31-27-11-8-22(20(3)30)16-25(27)28/h6-11,13-16,26H,4-5,12,17H2,1-3H3. The lowest BCUT2D eigenvalue weighted by Crippen LogP contribution is -2.22. The minimum Gasteiger partial charge on any atom is -0.454 e. The van der Waals surface area contributed by atoms with E-state index in [-0.39, 0.29) is 11.5 Å². The number of rotatable bonds is 6. The van der Waals surface area contributed by atoms with Gasteiger partial charge in [0, 0.05) is 18.2 Å². The van der Waals surface area contributed by atoms with Crippen LogP contribution in [0, 0.1) is 19.7 Å². The zero-order chi connectivity index (χ0) is 22.0. The van der Waals surface area contributed by atoms with E-state index in [9.17, 15) is 9.18 Å². The lowest BCUT2D eigenvalue weighted by Gasteiger charge is -2.25. The molecule has 0 bridgehead atoms. The number of ketones is 1. The monoisotopic (exact) mass is 417 g/mol. The highest BCUT2D eigenvalue weighted by Crippen LogP contribution is 2.34. The van der Waals surface area contributed by atoms with Crippen LogP contribution < -0.4 is 4.74 Å². The molecule has 0 saturated carbocycles. The fourth-order valence-electron chi connectivity index (χ4n) is 4.42. The summed E-state index contributed by atoms with van der Waals surface area (Å²) >= 11 is 0. The second kappa shape index (κ2) is 9.03. The largest absolute Gasteiger partial charge is 0.454 e. The van der Waals surface area contributed by atoms with Crippen molar-refractivity contribution in [3.8, 4) is 11.5 Å². The molecule has 1 aliphatic heterocycles. The molecular formula is C27H28FNO2. The molecule has 3 aromatic carbocycles. The van der Waals surface area contributed by atoms with Crippen LogP contribution in [0.2, 0.25) is 0 Å². The fourth-order valence-corrected chi connectivity index (χ4v) is 4.42. The van der Waals surface area contributed by atoms with E-state index >= 15 is 0 Å². The Hall–Kier alpha value is -2.98. The van der Waals surface area contributed by atoms with Gasteiger partial charge in [-0.25, -0.2) is 4.39 Å². The van der Waals surface area contributed by atoms with Crippen LogP contribution in [0.4, 0.5) is 4.39 Å². The normalized spacial score (nSPS) is 16.5. The number of benzene rings is 3. The molecule has 1 heterocycles. The minimum atomic E-state index is -0.537. The Labute approximate surface area is 183 Å². The Balaban J connectivity index is 1.44. The summed E-state index contributed by atoms with van der Waals surface area (Å²) in [5.41, 5.74) is 5.57. The molecule has 0 N–H and O–H groups in total. The maximum absolute atomic E-state index is 14.2. The number of nitrogens with zero attached hydrogens (tertiary/aromatic N) is 1. The van der Waals surface area contributed by atoms with Gasteiger partial charge in [0.1, 0.15) is 5.75 Å². The maximum atomic E-state index is 14.2. The molecule has 0 aliphatic carbocycles. The van der Waals surface area contributed by atoms with E-state index in [1.807, 2.05) is 24.3 Å². The molecule has 0 spiro atoms. The highest BCUT2D eigenvalue weighted by molar-refractivity contribution is 5.94. The van der Waals surface area contributed by atoms with E-state index in [4.69, 9.17) is 4.74 Å². The van der Waals surface area contributed by atoms with Crippen molar-refractivity contribution in [1.82, 2.24) is 4.90 Å². The highest BCUT2D eigenvalue weighted by atomic mass is 19.1. The van der Waals surface area contributed by atoms with Gasteiger partial charge in [0.25, 0.3) is 0 Å². The van der Waals surface area contributed by atoms with Gasteiger partial charge in [-0.15, -0.1) is 0 Å². The van der Waals surface area contributed by atoms with Crippen molar-refractivity contribution in [2.45, 2.75) is 46.2 Å². The molecule has 1 saturated heterocycles. The smallest absolute Gasteiger partial charge is 0.166 e. The van der Waals surface area contributed by atoms with E-state index < -0.39 is 5.82 Å². The third kappa shape index (κ3) is 5.02. The van der Waals surface area contributed by atoms with Gasteiger partial charge in [-0.1, -0.05) is 41.5 Å². The number of carbonyl (C=O) groups is 1. The Bertz CT molecular complexity index is 1070. The number of carbonyl (C=O) groups excluding carboxylic acids is 1. The fraction of sp³-hybridized carbons (Fsp3) is 0.296. The van der Waals surface area contributed by atoms with Crippen LogP contribution >= 0.6 is 0 Å². The van der Waals surface area contributed by atoms with Crippen LogP contribution in [0.5, 0.6) is 11.5 Å². The summed E-state index contributed by atoms with van der Waals surface area (Å²) in [5.74, 6) is -0.0151. The van der Waals surface area contributed by atoms with Gasteiger partial charge < -0.3 is 4.74 Å². The molecule has 160 valence electrons. The molecule has 0 radical (unpaired) electrons. The number of hydrogen-bond acceptors (Lipinski definition) is 3. The molecule has 3 nitrogen and oxygen atoms in total. The molecule has 0 amide bonds. The van der Waals surface area contributed by atoms with Gasteiger partial charge >= 0.3 is 0 Å². The molecule has 1 aliphatic rings. The van der Waals surface area contributed by atoms with Gasteiger partial charge in [0.15, 0.2) is 17.3 Å². The van der Waals surface area contributed by atoms with Gasteiger partial charge in [-0.3, -0.25) is 9.69 Å². The molecule has 0 aromatic heterocycles. The summed E-state index contributed by atoms with van der Waals surface area (Å²) in [4.78, 5) is 13.9. The lowest BCUT2D eigenvalue weighted by molar-refractivity contribution is 0.101. The molecule has 4 heteroatoms. The van der Waals surface area contributed by atoms with E-state index in [2.05, 4.69) is 36.9 Å². The Morgan fingerprint density at radius 2 is 1.74 bits per heavy atom. The van der Waals surface area contributed by atoms with Gasteiger partial charge in [0.2, 0.25) is 0 Å². The summed E-state index contributed by atoms with van der Waals surface area (Å²) in [5, 5.41) is 0. The SMILES string of the molecule is CC(=O)c1ccc(Oc2ccc(CN3CCCC3c3cc(C)cc(C)c3)cc2)c(F)c1. The van der Waals surface area contributed by atoms with Crippen molar-refractivity contribution in [1.29, 1.82) is 0 Å². The van der Waals surface area contributed by atoms with Crippen molar-refractivity contribution in [2.75, 3.05) is 6.54 Å². The second-order valence-corrected chi connectivity index (χ2v) is 8.50. The van der Waals surface area contributed by atoms with Gasteiger partial charge in [0.05, 0.1) is 0 Å². The minimum absolute atomic E-state index is 0.118. The van der Waals surface area contributed by atoms with Crippen molar-refractivity contribution in [3.05, 3.63) is 94.3 Å². The quantitative estimate of drug-likeness (QED) is 0.414. The van der Waals surface area contributed by atoms with Crippen LogP contribution in [0.3, 0.4) is 0 Å². The van der Waals surface area contributed by atoms with Crippen LogP contribution in [-0.2, 0) is 6.54 Å². The number of ether oxygens (including phenoxy) is 1. The van der Waals surface area contributed by atoms with Crippen molar-refractivity contribution >= 4 is 5.78 Å². The third-order valence-electron chi connectivity index (χ3n) is 5.87. The Morgan fingerprint density at radius 1 is 1.03 bits per heavy atom. The summed E-state index contributed by atoms with van der Waals surface area (Å²) < 4.78 is 19.9. The summed E-state index contributed by atoms with van der Waals surface area (Å²) in [7, 11) is 0. The summed E-state index contributed by atoms with van der Waals surface area (Å²) in [6.45, 7) is 7.69. The van der Waals surface area contributed by atoms with Crippen LogP contribution in [0.15, 0.2) is 60.7 Å². The lowest BCUT2D eigenvalue weighted by atomic mass is 9.99. The number of likely N-dealkylation sites (tertiary alicyclic amines) is 1. The predicted molar refractivity (Wildman–Crippen MR) is 121 cm³/mol. The molecule has 1 atom stereocenters. The maximum Gasteiger partial charge on any atom is 0.166 e. The highest BCUT2D eigenvalue weighted by Gasteiger charge is 2.26. The van der Waals surface area contributed by atoms with E-state index in [0.29, 0.717) is 17.4 Å². The van der Waals surface area contributed by atoms with E-state index in [1.54, 1.807) is 6.07 Å². The van der Waals surface area contributed by atoms with Crippen molar-refractivity contribution in [3.63, 3.8) is 0 Å². The summed E-state index contributed by atoms with van der Waals surface area (Å²) in [6, 6.07) is 19.4. The zero-order valence-corrected chi connectivity index (χ0v) is 18.3. The Kier molecular flexibility index (Phi) is 6.19. The molecule has 1 fully saturated rings. The number of halogens is 1. The first-order valence-corrected chi connectivity index (χ1v) is 10.8. The van der Waals surface area contributed by atoms with Gasteiger partial charge in [-0.2, -0.15) is 0 Å². The predicted octanol–water partition coefficient (Wildman–Crippen LogP) is 6.77. The molecule has 1 unspecified atom stereocenters. The second-order valence-electron chi connectivity index (χ2n) is 8.50. The number of Topliss-reactive ketones (excluding diaryl/α,β-unsaturated/α-hetero) is 1. The van der Waals surface area contributed by atoms with Crippen molar-refractivity contribution < 1.29 is 13.9 Å². The first kappa shape index (κ1) is 21.3. The van der Waals surface area contributed by atoms with E-state index in [1.165, 1.54) is 54.2 Å². The van der Waals surface area contributed by atoms with Crippen molar-refractivity contribution in [2.24, 2.45) is 0 Å². The first-order valence-electron chi connectivity index (χ1n) is 10.8. The molecular weight excluding hydrogens is 389 g/mol. The average molecular weight is 418 g/mol. The first-order chi connectivity index (χ1) is 14.9. The third-order valence-corrected chi connectivity index (χ3v) is 5.87. The average Bonchev–Trinajstić information content (AvgIpc) is 3.18. The number of aryl methyl sites for hydroxylation is 2. The molecule has 4 rings (SSSR count). The van der Waals surface area contributed by atoms with Crippen LogP contribution in [0.25, 0.3) is 0 Å². The Morgan fingerprint density at radius 3 is 2.39 bits per heavy atom. The molecule has 31 heavy (non-hydrogen) atoms. The molecule has 3 aromatic rings. The summed E-state index contributed by atoms with van der Waals surface area (Å²) in [6.07, 6.45) is 2.38. The van der Waals surface area contributed by atoms with E-state index in [0.717, 1.165) is 13.1 Å². The zero-order valence-electron chi connectivity index (χ0n) is 18.3. The van der Waals surface area contributed by atoms with Crippen LogP contribution in [0.1, 0.15) is 58.4 Å².